The van der Waals surface area contributed by atoms with Gasteiger partial charge in [-0.1, -0.05) is 0 Å². The first-order chi connectivity index (χ1) is 29.7. The van der Waals surface area contributed by atoms with E-state index in [0.29, 0.717) is 47.4 Å². The molecule has 3 saturated heterocycles. The maximum absolute atomic E-state index is 12.8. The number of nitrogens with zero attached hydrogens (tertiary/aromatic N) is 11. The highest BCUT2D eigenvalue weighted by Crippen LogP contribution is 2.38. The summed E-state index contributed by atoms with van der Waals surface area (Å²) < 4.78 is 24.3. The number of nitrogens with one attached hydrogen (secondary N) is 2. The topological polar surface area (TPSA) is 204 Å². The number of carbonyl (C=O) groups excluding carboxylic acids is 3. The van der Waals surface area contributed by atoms with E-state index in [0.717, 1.165) is 101 Å². The van der Waals surface area contributed by atoms with Crippen molar-refractivity contribution >= 4 is 58.1 Å². The number of esters is 1. The van der Waals surface area contributed by atoms with Crippen LogP contribution in [0.4, 0.5) is 34.1 Å². The Bertz CT molecular complexity index is 2260. The van der Waals surface area contributed by atoms with Crippen LogP contribution in [-0.2, 0) is 22.0 Å². The Morgan fingerprint density at radius 2 is 1.44 bits per heavy atom. The van der Waals surface area contributed by atoms with Gasteiger partial charge in [0.15, 0.2) is 5.75 Å². The van der Waals surface area contributed by atoms with E-state index in [9.17, 15) is 18.6 Å². The number of anilines is 5. The molecule has 1 aromatic carbocycles. The normalized spacial score (nSPS) is 20.2. The molecule has 4 aliphatic heterocycles. The van der Waals surface area contributed by atoms with Gasteiger partial charge in [0.05, 0.1) is 41.1 Å². The molecular weight excluding hydrogens is 803 g/mol. The molecule has 61 heavy (non-hydrogen) atoms. The van der Waals surface area contributed by atoms with Crippen LogP contribution in [0.1, 0.15) is 55.1 Å². The van der Waals surface area contributed by atoms with Crippen LogP contribution in [0.5, 0.6) is 11.5 Å². The second kappa shape index (κ2) is 17.5. The molecule has 4 aromatic rings. The lowest BCUT2D eigenvalue weighted by Crippen LogP contribution is -2.49. The number of urea groups is 1. The van der Waals surface area contributed by atoms with Gasteiger partial charge in [-0.25, -0.2) is 34.5 Å². The molecule has 0 radical (unpaired) electrons. The lowest BCUT2D eigenvalue weighted by molar-refractivity contribution is -0.120. The molecule has 4 fully saturated rings. The van der Waals surface area contributed by atoms with E-state index in [1.54, 1.807) is 36.7 Å². The van der Waals surface area contributed by atoms with Crippen molar-refractivity contribution < 1.29 is 28.1 Å². The summed E-state index contributed by atoms with van der Waals surface area (Å²) in [6.07, 6.45) is 11.6. The number of hydrogen-bond donors (Lipinski definition) is 2. The Morgan fingerprint density at radius 1 is 0.803 bits per heavy atom. The predicted octanol–water partition coefficient (Wildman–Crippen LogP) is 2.66. The van der Waals surface area contributed by atoms with Crippen molar-refractivity contribution in [1.29, 1.82) is 0 Å². The van der Waals surface area contributed by atoms with Crippen molar-refractivity contribution in [1.82, 2.24) is 40.1 Å². The SMILES string of the molecule is CC1(Nc2nc(N3CCN(c4ncc(OCCCN5CCN(c6ncc(C(=O)Oc7ccc(N8CCC(=O)NC8=O)cc7)cn6)CC5)cn4)CC3)nc3c2[S@](=O)CC3)CCC1. The quantitative estimate of drug-likeness (QED) is 0.113. The number of imide groups is 1. The van der Waals surface area contributed by atoms with Crippen LogP contribution in [0.25, 0.3) is 0 Å². The van der Waals surface area contributed by atoms with E-state index >= 15 is 0 Å². The predicted molar refractivity (Wildman–Crippen MR) is 227 cm³/mol. The molecule has 5 aliphatic rings. The Kier molecular flexibility index (Phi) is 11.6. The average molecular weight is 852 g/mol. The Hall–Kier alpha value is -6.02. The van der Waals surface area contributed by atoms with Gasteiger partial charge >= 0.3 is 12.0 Å². The molecule has 3 amide bonds. The monoisotopic (exact) mass is 851 g/mol. The van der Waals surface area contributed by atoms with E-state index in [1.165, 1.54) is 23.7 Å². The summed E-state index contributed by atoms with van der Waals surface area (Å²) in [5.74, 6) is 3.34. The summed E-state index contributed by atoms with van der Waals surface area (Å²) in [6.45, 7) is 10.1. The maximum atomic E-state index is 12.8. The minimum Gasteiger partial charge on any atom is -0.490 e. The second-order valence-electron chi connectivity index (χ2n) is 16.1. The van der Waals surface area contributed by atoms with Crippen LogP contribution in [0.2, 0.25) is 0 Å². The summed E-state index contributed by atoms with van der Waals surface area (Å²) in [5, 5.41) is 5.91. The largest absolute Gasteiger partial charge is 0.490 e. The van der Waals surface area contributed by atoms with Crippen molar-refractivity contribution in [3.8, 4) is 11.5 Å². The van der Waals surface area contributed by atoms with Gasteiger partial charge in [0.2, 0.25) is 23.8 Å². The van der Waals surface area contributed by atoms with Crippen LogP contribution in [0.15, 0.2) is 53.9 Å². The van der Waals surface area contributed by atoms with Gasteiger partial charge in [-0.15, -0.1) is 0 Å². The number of hydrogen-bond acceptors (Lipinski definition) is 17. The Balaban J connectivity index is 0.676. The van der Waals surface area contributed by atoms with Gasteiger partial charge < -0.3 is 29.5 Å². The van der Waals surface area contributed by atoms with Gasteiger partial charge in [-0.3, -0.25) is 24.1 Å². The van der Waals surface area contributed by atoms with E-state index in [4.69, 9.17) is 19.4 Å². The van der Waals surface area contributed by atoms with E-state index in [-0.39, 0.29) is 30.0 Å². The number of benzene rings is 1. The van der Waals surface area contributed by atoms with E-state index < -0.39 is 22.8 Å². The summed E-state index contributed by atoms with van der Waals surface area (Å²) in [7, 11) is -1.06. The standard InChI is InChI=1S/C41H49N13O6S/c1-41(10-2-11-41)49-35-34-32(9-23-61(34)58)46-39(48-35)53-20-18-52(19-21-53)38-44-26-31(27-45-38)59-22-3-12-50-14-16-51(17-15-50)37-42-24-28(25-43-37)36(56)60-30-6-4-29(5-7-30)54-13-8-33(55)47-40(54)57/h4-7,24-27H,2-3,8-23H2,1H3,(H,46,48,49)(H,47,55,57)/t61-/m1/s1. The number of ether oxygens (including phenoxy) is 2. The summed E-state index contributed by atoms with van der Waals surface area (Å²) >= 11 is 0. The molecule has 2 N–H and O–H groups in total. The number of carbonyl (C=O) groups is 3. The van der Waals surface area contributed by atoms with Gasteiger partial charge in [-0.2, -0.15) is 4.98 Å². The van der Waals surface area contributed by atoms with E-state index in [1.807, 2.05) is 0 Å². The number of amides is 3. The zero-order chi connectivity index (χ0) is 41.9. The van der Waals surface area contributed by atoms with Crippen LogP contribution < -0.4 is 39.7 Å². The highest BCUT2D eigenvalue weighted by Gasteiger charge is 2.36. The molecule has 9 rings (SSSR count). The van der Waals surface area contributed by atoms with Gasteiger partial charge in [0.25, 0.3) is 0 Å². The minimum atomic E-state index is -1.06. The van der Waals surface area contributed by atoms with Crippen molar-refractivity contribution in [2.45, 2.75) is 55.9 Å². The molecule has 1 aliphatic carbocycles. The number of aryl methyl sites for hydroxylation is 1. The Morgan fingerprint density at radius 3 is 2.08 bits per heavy atom. The number of aromatic nitrogens is 6. The van der Waals surface area contributed by atoms with Crippen LogP contribution in [0, 0.1) is 0 Å². The molecule has 1 saturated carbocycles. The molecule has 0 unspecified atom stereocenters. The third-order valence-corrected chi connectivity index (χ3v) is 13.3. The number of piperazine rings is 2. The molecule has 20 heteroatoms. The zero-order valence-electron chi connectivity index (χ0n) is 34.1. The molecule has 0 bridgehead atoms. The van der Waals surface area contributed by atoms with E-state index in [2.05, 4.69) is 57.1 Å². The minimum absolute atomic E-state index is 0.00675. The summed E-state index contributed by atoms with van der Waals surface area (Å²) in [5.41, 5.74) is 1.73. The van der Waals surface area contributed by atoms with Gasteiger partial charge in [0, 0.05) is 108 Å². The summed E-state index contributed by atoms with van der Waals surface area (Å²) in [6, 6.07) is 6.02. The fourth-order valence-corrected chi connectivity index (χ4v) is 9.40. The van der Waals surface area contributed by atoms with Crippen LogP contribution in [-0.4, -0.2) is 140 Å². The molecule has 7 heterocycles. The molecule has 320 valence electrons. The fourth-order valence-electron chi connectivity index (χ4n) is 8.09. The number of rotatable bonds is 13. The van der Waals surface area contributed by atoms with Crippen molar-refractivity contribution in [3.63, 3.8) is 0 Å². The zero-order valence-corrected chi connectivity index (χ0v) is 34.9. The average Bonchev–Trinajstić information content (AvgIpc) is 3.66. The molecule has 3 aromatic heterocycles. The first-order valence-electron chi connectivity index (χ1n) is 20.9. The second-order valence-corrected chi connectivity index (χ2v) is 17.6. The summed E-state index contributed by atoms with van der Waals surface area (Å²) in [4.78, 5) is 75.3. The highest BCUT2D eigenvalue weighted by molar-refractivity contribution is 7.85. The maximum Gasteiger partial charge on any atom is 0.346 e. The Labute approximate surface area is 355 Å². The molecule has 0 spiro atoms. The first kappa shape index (κ1) is 40.4. The fraction of sp³-hybridized carbons (Fsp3) is 0.488. The molecule has 1 atom stereocenters. The third kappa shape index (κ3) is 9.19. The third-order valence-electron chi connectivity index (χ3n) is 11.8. The highest BCUT2D eigenvalue weighted by atomic mass is 32.2. The van der Waals surface area contributed by atoms with Crippen molar-refractivity contribution in [3.05, 3.63) is 60.3 Å². The lowest BCUT2D eigenvalue weighted by Gasteiger charge is -2.40. The van der Waals surface area contributed by atoms with Gasteiger partial charge in [-0.05, 0) is 56.9 Å². The van der Waals surface area contributed by atoms with Crippen LogP contribution >= 0.6 is 0 Å². The van der Waals surface area contributed by atoms with Gasteiger partial charge in [0.1, 0.15) is 16.5 Å². The molecular formula is C41H49N13O6S. The van der Waals surface area contributed by atoms with Crippen molar-refractivity contribution in [2.75, 3.05) is 103 Å². The molecule has 19 nitrogen and oxygen atoms in total. The smallest absolute Gasteiger partial charge is 0.346 e. The first-order valence-corrected chi connectivity index (χ1v) is 22.2. The van der Waals surface area contributed by atoms with Crippen LogP contribution in [0.3, 0.4) is 0 Å². The lowest BCUT2D eigenvalue weighted by atomic mass is 9.78. The number of fused-ring (bicyclic) bond motifs is 1. The van der Waals surface area contributed by atoms with Crippen molar-refractivity contribution in [2.24, 2.45) is 0 Å².